The van der Waals surface area contributed by atoms with Crippen LogP contribution in [0.15, 0.2) is 0 Å². The fourth-order valence-electron chi connectivity index (χ4n) is 2.31. The van der Waals surface area contributed by atoms with Crippen molar-refractivity contribution >= 4 is 11.9 Å². The highest BCUT2D eigenvalue weighted by Gasteiger charge is 2.34. The van der Waals surface area contributed by atoms with Crippen LogP contribution in [0.4, 0.5) is 0 Å². The second-order valence-electron chi connectivity index (χ2n) is 4.85. The van der Waals surface area contributed by atoms with E-state index < -0.39 is 12.0 Å². The van der Waals surface area contributed by atoms with Gasteiger partial charge in [-0.1, -0.05) is 0 Å². The zero-order valence-electron chi connectivity index (χ0n) is 12.2. The van der Waals surface area contributed by atoms with Gasteiger partial charge in [0, 0.05) is 33.9 Å². The summed E-state index contributed by atoms with van der Waals surface area (Å²) in [4.78, 5) is 26.7. The largest absolute Gasteiger partial charge is 0.480 e. The number of ether oxygens (including phenoxy) is 2. The van der Waals surface area contributed by atoms with E-state index in [1.54, 1.807) is 14.2 Å². The molecular weight excluding hydrogens is 264 g/mol. The van der Waals surface area contributed by atoms with E-state index in [0.29, 0.717) is 39.3 Å². The third-order valence-corrected chi connectivity index (χ3v) is 3.44. The summed E-state index contributed by atoms with van der Waals surface area (Å²) in [5.41, 5.74) is 0. The molecule has 1 rings (SSSR count). The Labute approximate surface area is 119 Å². The lowest BCUT2D eigenvalue weighted by atomic mass is 10.2. The van der Waals surface area contributed by atoms with E-state index >= 15 is 0 Å². The number of carbonyl (C=O) groups excluding carboxylic acids is 1. The standard InChI is InChI=1S/C13H24N2O5/c1-19-8-6-14(7-9-20-2)10-12(16)15-5-3-4-11(15)13(17)18/h11H,3-10H2,1-2H3,(H,17,18). The van der Waals surface area contributed by atoms with Crippen LogP contribution in [0.3, 0.4) is 0 Å². The molecule has 1 fully saturated rings. The van der Waals surface area contributed by atoms with Crippen LogP contribution in [-0.4, -0.2) is 86.4 Å². The molecule has 0 spiro atoms. The van der Waals surface area contributed by atoms with Crippen LogP contribution >= 0.6 is 0 Å². The predicted molar refractivity (Wildman–Crippen MR) is 72.6 cm³/mol. The van der Waals surface area contributed by atoms with Gasteiger partial charge in [0.25, 0.3) is 0 Å². The molecule has 0 aromatic rings. The fourth-order valence-corrected chi connectivity index (χ4v) is 2.31. The molecule has 0 aromatic carbocycles. The Hall–Kier alpha value is -1.18. The minimum Gasteiger partial charge on any atom is -0.480 e. The average Bonchev–Trinajstić information content (AvgIpc) is 2.91. The molecule has 7 heteroatoms. The maximum atomic E-state index is 12.2. The van der Waals surface area contributed by atoms with Gasteiger partial charge in [-0.25, -0.2) is 4.79 Å². The zero-order chi connectivity index (χ0) is 15.0. The summed E-state index contributed by atoms with van der Waals surface area (Å²) >= 11 is 0. The first-order chi connectivity index (χ1) is 9.60. The van der Waals surface area contributed by atoms with Crippen LogP contribution in [0.2, 0.25) is 0 Å². The summed E-state index contributed by atoms with van der Waals surface area (Å²) in [7, 11) is 3.22. The molecule has 116 valence electrons. The highest BCUT2D eigenvalue weighted by atomic mass is 16.5. The van der Waals surface area contributed by atoms with Crippen LogP contribution in [0, 0.1) is 0 Å². The summed E-state index contributed by atoms with van der Waals surface area (Å²) < 4.78 is 10.0. The number of nitrogens with zero attached hydrogens (tertiary/aromatic N) is 2. The van der Waals surface area contributed by atoms with Gasteiger partial charge in [-0.3, -0.25) is 9.69 Å². The minimum atomic E-state index is -0.920. The number of likely N-dealkylation sites (tertiary alicyclic amines) is 1. The topological polar surface area (TPSA) is 79.3 Å². The maximum Gasteiger partial charge on any atom is 0.326 e. The van der Waals surface area contributed by atoms with Gasteiger partial charge in [0.2, 0.25) is 5.91 Å². The van der Waals surface area contributed by atoms with Gasteiger partial charge in [0.05, 0.1) is 19.8 Å². The van der Waals surface area contributed by atoms with Crippen LogP contribution in [0.25, 0.3) is 0 Å². The van der Waals surface area contributed by atoms with Crippen molar-refractivity contribution in [1.29, 1.82) is 0 Å². The number of aliphatic carboxylic acids is 1. The number of amides is 1. The lowest BCUT2D eigenvalue weighted by molar-refractivity contribution is -0.148. The number of carboxylic acid groups (broad SMARTS) is 1. The molecule has 0 aromatic heterocycles. The number of carbonyl (C=O) groups is 2. The van der Waals surface area contributed by atoms with E-state index in [-0.39, 0.29) is 12.5 Å². The van der Waals surface area contributed by atoms with Crippen molar-refractivity contribution < 1.29 is 24.2 Å². The van der Waals surface area contributed by atoms with Crippen LogP contribution in [-0.2, 0) is 19.1 Å². The molecular formula is C13H24N2O5. The molecule has 0 saturated carbocycles. The van der Waals surface area contributed by atoms with Gasteiger partial charge in [-0.2, -0.15) is 0 Å². The quantitative estimate of drug-likeness (QED) is 0.625. The molecule has 1 heterocycles. The van der Waals surface area contributed by atoms with Crippen molar-refractivity contribution in [2.24, 2.45) is 0 Å². The minimum absolute atomic E-state index is 0.137. The molecule has 1 N–H and O–H groups in total. The molecule has 0 radical (unpaired) electrons. The van der Waals surface area contributed by atoms with Crippen molar-refractivity contribution in [3.63, 3.8) is 0 Å². The van der Waals surface area contributed by atoms with E-state index in [1.165, 1.54) is 4.90 Å². The normalized spacial score (nSPS) is 18.8. The van der Waals surface area contributed by atoms with Gasteiger partial charge < -0.3 is 19.5 Å². The Morgan fingerprint density at radius 1 is 1.25 bits per heavy atom. The van der Waals surface area contributed by atoms with E-state index in [2.05, 4.69) is 0 Å². The highest BCUT2D eigenvalue weighted by molar-refractivity contribution is 5.85. The predicted octanol–water partition coefficient (Wildman–Crippen LogP) is -0.343. The monoisotopic (exact) mass is 288 g/mol. The molecule has 1 amide bonds. The van der Waals surface area contributed by atoms with Gasteiger partial charge in [-0.05, 0) is 12.8 Å². The van der Waals surface area contributed by atoms with Crippen molar-refractivity contribution in [3.8, 4) is 0 Å². The summed E-state index contributed by atoms with van der Waals surface area (Å²) in [5, 5.41) is 9.10. The summed E-state index contributed by atoms with van der Waals surface area (Å²) in [5.74, 6) is -1.06. The molecule has 0 aliphatic carbocycles. The van der Waals surface area contributed by atoms with Gasteiger partial charge >= 0.3 is 5.97 Å². The Morgan fingerprint density at radius 2 is 1.85 bits per heavy atom. The van der Waals surface area contributed by atoms with Crippen molar-refractivity contribution in [3.05, 3.63) is 0 Å². The molecule has 1 atom stereocenters. The lowest BCUT2D eigenvalue weighted by Crippen LogP contribution is -2.46. The Bertz CT molecular complexity index is 316. The molecule has 7 nitrogen and oxygen atoms in total. The zero-order valence-corrected chi connectivity index (χ0v) is 12.2. The first kappa shape index (κ1) is 16.9. The van der Waals surface area contributed by atoms with Crippen molar-refractivity contribution in [1.82, 2.24) is 9.80 Å². The van der Waals surface area contributed by atoms with Crippen molar-refractivity contribution in [2.75, 3.05) is 53.6 Å². The molecule has 1 unspecified atom stereocenters. The molecule has 1 aliphatic heterocycles. The Balaban J connectivity index is 2.52. The number of hydrogen-bond acceptors (Lipinski definition) is 5. The first-order valence-electron chi connectivity index (χ1n) is 6.82. The number of rotatable bonds is 9. The average molecular weight is 288 g/mol. The maximum absolute atomic E-state index is 12.2. The molecule has 0 bridgehead atoms. The summed E-state index contributed by atoms with van der Waals surface area (Å²) in [6, 6.07) is -0.672. The Kier molecular flexibility index (Phi) is 7.50. The second-order valence-corrected chi connectivity index (χ2v) is 4.85. The first-order valence-corrected chi connectivity index (χ1v) is 6.82. The van der Waals surface area contributed by atoms with Crippen molar-refractivity contribution in [2.45, 2.75) is 18.9 Å². The third kappa shape index (κ3) is 5.07. The Morgan fingerprint density at radius 3 is 2.35 bits per heavy atom. The molecule has 20 heavy (non-hydrogen) atoms. The van der Waals surface area contributed by atoms with E-state index in [4.69, 9.17) is 14.6 Å². The van der Waals surface area contributed by atoms with E-state index in [1.807, 2.05) is 4.90 Å². The second kappa shape index (κ2) is 8.89. The number of methoxy groups -OCH3 is 2. The van der Waals surface area contributed by atoms with E-state index in [9.17, 15) is 9.59 Å². The molecule has 1 saturated heterocycles. The number of carboxylic acids is 1. The van der Waals surface area contributed by atoms with Gasteiger partial charge in [0.15, 0.2) is 0 Å². The van der Waals surface area contributed by atoms with Crippen LogP contribution in [0.5, 0.6) is 0 Å². The van der Waals surface area contributed by atoms with Crippen LogP contribution in [0.1, 0.15) is 12.8 Å². The third-order valence-electron chi connectivity index (χ3n) is 3.44. The SMILES string of the molecule is COCCN(CCOC)CC(=O)N1CCCC1C(=O)O. The molecule has 1 aliphatic rings. The van der Waals surface area contributed by atoms with Crippen LogP contribution < -0.4 is 0 Å². The number of hydrogen-bond donors (Lipinski definition) is 1. The fraction of sp³-hybridized carbons (Fsp3) is 0.846. The van der Waals surface area contributed by atoms with Gasteiger partial charge in [0.1, 0.15) is 6.04 Å². The summed E-state index contributed by atoms with van der Waals surface area (Å²) in [6.45, 7) is 3.03. The lowest BCUT2D eigenvalue weighted by Gasteiger charge is -2.26. The highest BCUT2D eigenvalue weighted by Crippen LogP contribution is 2.17. The van der Waals surface area contributed by atoms with E-state index in [0.717, 1.165) is 6.42 Å². The summed E-state index contributed by atoms with van der Waals surface area (Å²) in [6.07, 6.45) is 1.29. The smallest absolute Gasteiger partial charge is 0.326 e. The van der Waals surface area contributed by atoms with Gasteiger partial charge in [-0.15, -0.1) is 0 Å².